The molecule has 4 rings (SSSR count). The van der Waals surface area contributed by atoms with Gasteiger partial charge in [-0.2, -0.15) is 0 Å². The van der Waals surface area contributed by atoms with E-state index in [-0.39, 0.29) is 51.8 Å². The van der Waals surface area contributed by atoms with Crippen molar-refractivity contribution < 1.29 is 4.79 Å². The number of hydrogen-bond acceptors (Lipinski definition) is 4. The Kier molecular flexibility index (Phi) is 6.92. The number of rotatable bonds is 3. The highest BCUT2D eigenvalue weighted by Crippen LogP contribution is 2.39. The van der Waals surface area contributed by atoms with Crippen LogP contribution >= 0.6 is 49.9 Å². The Balaban J connectivity index is 0.00000113. The number of carbonyl (C=O) groups is 1. The van der Waals surface area contributed by atoms with E-state index in [1.165, 1.54) is 0 Å². The number of nitrogens with one attached hydrogen (secondary N) is 2. The van der Waals surface area contributed by atoms with Crippen molar-refractivity contribution in [2.45, 2.75) is 31.7 Å². The molecule has 0 aromatic carbocycles. The van der Waals surface area contributed by atoms with E-state index in [4.69, 9.17) is 5.73 Å². The number of fused-ring (bicyclic) bond motifs is 1. The van der Waals surface area contributed by atoms with Crippen LogP contribution in [-0.4, -0.2) is 35.0 Å². The number of pyridine rings is 1. The fourth-order valence-corrected chi connectivity index (χ4v) is 3.81. The maximum atomic E-state index is 12.2. The van der Waals surface area contributed by atoms with Crippen LogP contribution in [0.4, 0.5) is 11.4 Å². The van der Waals surface area contributed by atoms with Gasteiger partial charge in [0.15, 0.2) is 0 Å². The number of aromatic amines is 1. The second kappa shape index (κ2) is 8.37. The van der Waals surface area contributed by atoms with Crippen molar-refractivity contribution in [2.24, 2.45) is 11.7 Å². The number of piperidine rings is 1. The van der Waals surface area contributed by atoms with Crippen LogP contribution in [0.1, 0.15) is 25.7 Å². The van der Waals surface area contributed by atoms with E-state index in [0.29, 0.717) is 0 Å². The second-order valence-electron chi connectivity index (χ2n) is 6.49. The first-order chi connectivity index (χ1) is 11.1. The molecule has 1 aliphatic carbocycles. The smallest absolute Gasteiger partial charge is 0.227 e. The second-order valence-corrected chi connectivity index (χ2v) is 7.35. The van der Waals surface area contributed by atoms with Crippen molar-refractivity contribution >= 4 is 78.2 Å². The Morgan fingerprint density at radius 1 is 1.36 bits per heavy atom. The number of carbonyl (C=O) groups excluding carboxylic acids is 1. The van der Waals surface area contributed by atoms with Gasteiger partial charge in [0, 0.05) is 37.4 Å². The van der Waals surface area contributed by atoms with E-state index in [0.717, 1.165) is 65.7 Å². The molecule has 0 bridgehead atoms. The normalized spacial score (nSPS) is 19.9. The largest absolute Gasteiger partial charge is 0.368 e. The Bertz CT molecular complexity index is 762. The number of aromatic nitrogens is 2. The number of H-pyrrole nitrogens is 1. The summed E-state index contributed by atoms with van der Waals surface area (Å²) in [5.41, 5.74) is 8.81. The van der Waals surface area contributed by atoms with Gasteiger partial charge in [0.25, 0.3) is 0 Å². The molecule has 0 radical (unpaired) electrons. The van der Waals surface area contributed by atoms with E-state index in [2.05, 4.69) is 36.1 Å². The molecule has 6 nitrogen and oxygen atoms in total. The van der Waals surface area contributed by atoms with Crippen LogP contribution in [0.15, 0.2) is 16.9 Å². The van der Waals surface area contributed by atoms with Crippen molar-refractivity contribution in [3.63, 3.8) is 0 Å². The monoisotopic (exact) mass is 537 g/mol. The number of anilines is 2. The zero-order chi connectivity index (χ0) is 16.0. The Labute approximate surface area is 176 Å². The van der Waals surface area contributed by atoms with Crippen LogP contribution in [0.5, 0.6) is 0 Å². The molecule has 1 saturated carbocycles. The third-order valence-electron chi connectivity index (χ3n) is 4.61. The summed E-state index contributed by atoms with van der Waals surface area (Å²) in [6.45, 7) is 1.78. The lowest BCUT2D eigenvalue weighted by Crippen LogP contribution is -2.43. The Hall–Kier alpha value is -0.640. The summed E-state index contributed by atoms with van der Waals surface area (Å²) in [4.78, 5) is 22.0. The highest BCUT2D eigenvalue weighted by atomic mass is 79.9. The van der Waals surface area contributed by atoms with Gasteiger partial charge in [-0.05, 0) is 41.6 Å². The van der Waals surface area contributed by atoms with Crippen molar-refractivity contribution in [1.29, 1.82) is 0 Å². The minimum atomic E-state index is 0. The molecule has 3 heterocycles. The van der Waals surface area contributed by atoms with Crippen molar-refractivity contribution in [3.05, 3.63) is 16.9 Å². The zero-order valence-electron chi connectivity index (χ0n) is 13.6. The molecule has 2 aromatic rings. The average Bonchev–Trinajstić information content (AvgIpc) is 3.31. The summed E-state index contributed by atoms with van der Waals surface area (Å²) in [6.07, 6.45) is 7.75. The number of halogens is 3. The number of nitrogens with zero attached hydrogens (tertiary/aromatic N) is 2. The molecule has 9 heteroatoms. The average molecular weight is 540 g/mol. The van der Waals surface area contributed by atoms with Gasteiger partial charge in [-0.25, -0.2) is 4.98 Å². The SMILES string of the molecule is Br.Br.N[C@@H]1CCCN(c2c(Br)cnc3[nH]cc(NC(=O)C4CC4)c23)C1. The molecular formula is C16H22Br3N5O. The lowest BCUT2D eigenvalue weighted by atomic mass is 10.1. The maximum Gasteiger partial charge on any atom is 0.227 e. The summed E-state index contributed by atoms with van der Waals surface area (Å²) in [6, 6.07) is 0.183. The number of amides is 1. The minimum Gasteiger partial charge on any atom is -0.368 e. The molecule has 2 fully saturated rings. The number of hydrogen-bond donors (Lipinski definition) is 3. The molecule has 1 amide bonds. The highest BCUT2D eigenvalue weighted by molar-refractivity contribution is 9.10. The molecule has 25 heavy (non-hydrogen) atoms. The van der Waals surface area contributed by atoms with Crippen LogP contribution in [0.25, 0.3) is 11.0 Å². The molecule has 2 aromatic heterocycles. The lowest BCUT2D eigenvalue weighted by Gasteiger charge is -2.33. The summed E-state index contributed by atoms with van der Waals surface area (Å²) >= 11 is 3.63. The minimum absolute atomic E-state index is 0. The molecule has 1 saturated heterocycles. The predicted octanol–water partition coefficient (Wildman–Crippen LogP) is 3.76. The Morgan fingerprint density at radius 2 is 2.12 bits per heavy atom. The fourth-order valence-electron chi connectivity index (χ4n) is 3.26. The van der Waals surface area contributed by atoms with Crippen molar-refractivity contribution in [2.75, 3.05) is 23.3 Å². The van der Waals surface area contributed by atoms with Crippen LogP contribution < -0.4 is 16.0 Å². The molecule has 0 spiro atoms. The van der Waals surface area contributed by atoms with Gasteiger partial charge in [0.1, 0.15) is 5.65 Å². The van der Waals surface area contributed by atoms with Gasteiger partial charge in [-0.3, -0.25) is 4.79 Å². The first-order valence-electron chi connectivity index (χ1n) is 8.10. The van der Waals surface area contributed by atoms with Gasteiger partial charge < -0.3 is 20.9 Å². The molecule has 4 N–H and O–H groups in total. The Morgan fingerprint density at radius 3 is 2.80 bits per heavy atom. The van der Waals surface area contributed by atoms with E-state index in [9.17, 15) is 4.79 Å². The molecule has 138 valence electrons. The van der Waals surface area contributed by atoms with Crippen LogP contribution in [0.3, 0.4) is 0 Å². The summed E-state index contributed by atoms with van der Waals surface area (Å²) < 4.78 is 0.931. The van der Waals surface area contributed by atoms with Gasteiger partial charge >= 0.3 is 0 Å². The topological polar surface area (TPSA) is 87.0 Å². The van der Waals surface area contributed by atoms with Gasteiger partial charge in [-0.15, -0.1) is 34.0 Å². The quantitative estimate of drug-likeness (QED) is 0.554. The van der Waals surface area contributed by atoms with E-state index in [1.54, 1.807) is 6.20 Å². The molecule has 1 aliphatic heterocycles. The summed E-state index contributed by atoms with van der Waals surface area (Å²) in [5.74, 6) is 0.277. The molecule has 1 atom stereocenters. The van der Waals surface area contributed by atoms with Crippen LogP contribution in [0.2, 0.25) is 0 Å². The summed E-state index contributed by atoms with van der Waals surface area (Å²) in [7, 11) is 0. The molecular weight excluding hydrogens is 518 g/mol. The first kappa shape index (κ1) is 20.7. The van der Waals surface area contributed by atoms with Gasteiger partial charge in [-0.1, -0.05) is 0 Å². The maximum absolute atomic E-state index is 12.2. The molecule has 0 unspecified atom stereocenters. The van der Waals surface area contributed by atoms with E-state index in [1.807, 2.05) is 6.20 Å². The third kappa shape index (κ3) is 4.20. The van der Waals surface area contributed by atoms with Crippen LogP contribution in [0, 0.1) is 5.92 Å². The standard InChI is InChI=1S/C16H20BrN5O.2BrH/c17-11-6-19-15-13(14(11)22-5-1-2-10(18)8-22)12(7-20-15)21-16(23)9-3-4-9;;/h6-7,9-10H,1-5,8,18H2,(H,19,20)(H,21,23);2*1H/t10-;;/m1../s1. The number of nitrogens with two attached hydrogens (primary N) is 1. The predicted molar refractivity (Wildman–Crippen MR) is 115 cm³/mol. The van der Waals surface area contributed by atoms with E-state index < -0.39 is 0 Å². The highest BCUT2D eigenvalue weighted by Gasteiger charge is 2.31. The van der Waals surface area contributed by atoms with Gasteiger partial charge in [0.2, 0.25) is 5.91 Å². The third-order valence-corrected chi connectivity index (χ3v) is 5.19. The van der Waals surface area contributed by atoms with E-state index >= 15 is 0 Å². The first-order valence-corrected chi connectivity index (χ1v) is 8.89. The fraction of sp³-hybridized carbons (Fsp3) is 0.500. The molecule has 2 aliphatic rings. The summed E-state index contributed by atoms with van der Waals surface area (Å²) in [5, 5.41) is 4.02. The van der Waals surface area contributed by atoms with Crippen molar-refractivity contribution in [3.8, 4) is 0 Å². The van der Waals surface area contributed by atoms with Crippen molar-refractivity contribution in [1.82, 2.24) is 9.97 Å². The van der Waals surface area contributed by atoms with Gasteiger partial charge in [0.05, 0.1) is 21.2 Å². The zero-order valence-corrected chi connectivity index (χ0v) is 18.6. The van der Waals surface area contributed by atoms with Crippen LogP contribution in [-0.2, 0) is 4.79 Å². The lowest BCUT2D eigenvalue weighted by molar-refractivity contribution is -0.117.